The molecular formula is C36H32ClN3O4S. The molecule has 0 aromatic heterocycles. The highest BCUT2D eigenvalue weighted by Crippen LogP contribution is 2.31. The molecule has 228 valence electrons. The van der Waals surface area contributed by atoms with E-state index >= 15 is 0 Å². The molecule has 0 atom stereocenters. The van der Waals surface area contributed by atoms with E-state index in [0.29, 0.717) is 28.4 Å². The lowest BCUT2D eigenvalue weighted by molar-refractivity contribution is 0.0955. The molecule has 9 heteroatoms. The monoisotopic (exact) mass is 637 g/mol. The summed E-state index contributed by atoms with van der Waals surface area (Å²) in [6.45, 7) is 4.40. The quantitative estimate of drug-likeness (QED) is 0.119. The molecule has 0 saturated carbocycles. The molecule has 0 radical (unpaired) electrons. The summed E-state index contributed by atoms with van der Waals surface area (Å²) in [7, 11) is -3.91. The van der Waals surface area contributed by atoms with Gasteiger partial charge in [-0.3, -0.25) is 9.10 Å². The van der Waals surface area contributed by atoms with Crippen LogP contribution in [0.5, 0.6) is 5.75 Å². The minimum Gasteiger partial charge on any atom is -0.489 e. The van der Waals surface area contributed by atoms with Crippen LogP contribution in [-0.4, -0.2) is 20.5 Å². The fraction of sp³-hybridized carbons (Fsp3) is 0.111. The number of hydrazone groups is 1. The Morgan fingerprint density at radius 1 is 0.844 bits per heavy atom. The minimum absolute atomic E-state index is 0.0448. The van der Waals surface area contributed by atoms with Crippen molar-refractivity contribution in [2.45, 2.75) is 31.9 Å². The summed E-state index contributed by atoms with van der Waals surface area (Å²) < 4.78 is 34.6. The van der Waals surface area contributed by atoms with Crippen LogP contribution in [0.4, 0.5) is 5.69 Å². The van der Waals surface area contributed by atoms with Crippen molar-refractivity contribution in [1.29, 1.82) is 0 Å². The SMILES string of the molecule is Cc1ccc(COc2ccc(/C=N\NC(=O)c3ccc(CN(c4cc(Cl)ccc4C)S(=O)(=O)c4ccccc4)cc3)cc2)cc1. The summed E-state index contributed by atoms with van der Waals surface area (Å²) in [6.07, 6.45) is 1.55. The number of carbonyl (C=O) groups excluding carboxylic acids is 1. The normalized spacial score (nSPS) is 11.4. The van der Waals surface area contributed by atoms with Crippen LogP contribution in [0, 0.1) is 13.8 Å². The zero-order valence-electron chi connectivity index (χ0n) is 24.9. The molecule has 0 spiro atoms. The van der Waals surface area contributed by atoms with Gasteiger partial charge in [-0.15, -0.1) is 0 Å². The van der Waals surface area contributed by atoms with Gasteiger partial charge >= 0.3 is 0 Å². The van der Waals surface area contributed by atoms with Gasteiger partial charge in [0.15, 0.2) is 0 Å². The van der Waals surface area contributed by atoms with Crippen LogP contribution >= 0.6 is 11.6 Å². The Hall–Kier alpha value is -4.92. The van der Waals surface area contributed by atoms with Crippen molar-refractivity contribution in [3.05, 3.63) is 160 Å². The smallest absolute Gasteiger partial charge is 0.271 e. The van der Waals surface area contributed by atoms with Crippen LogP contribution in [0.3, 0.4) is 0 Å². The Labute approximate surface area is 268 Å². The molecule has 7 nitrogen and oxygen atoms in total. The molecule has 5 aromatic carbocycles. The van der Waals surface area contributed by atoms with Gasteiger partial charge in [-0.1, -0.05) is 77.8 Å². The van der Waals surface area contributed by atoms with E-state index in [0.717, 1.165) is 22.4 Å². The first-order chi connectivity index (χ1) is 21.7. The fourth-order valence-electron chi connectivity index (χ4n) is 4.53. The maximum absolute atomic E-state index is 13.7. The minimum atomic E-state index is -3.91. The number of hydrogen-bond acceptors (Lipinski definition) is 5. The number of nitrogens with zero attached hydrogens (tertiary/aromatic N) is 2. The molecular weight excluding hydrogens is 606 g/mol. The van der Waals surface area contributed by atoms with Gasteiger partial charge in [0.1, 0.15) is 12.4 Å². The standard InChI is InChI=1S/C36H32ClN3O4S/c1-26-8-11-30(12-9-26)25-44-33-20-15-28(16-21-33)23-38-39-36(41)31-17-13-29(14-18-31)24-40(35-22-32(37)19-10-27(35)2)45(42,43)34-6-4-3-5-7-34/h3-23H,24-25H2,1-2H3,(H,39,41)/b38-23-. The van der Waals surface area contributed by atoms with Crippen LogP contribution in [0.15, 0.2) is 131 Å². The van der Waals surface area contributed by atoms with E-state index in [1.54, 1.807) is 79.0 Å². The van der Waals surface area contributed by atoms with Gasteiger partial charge in [-0.2, -0.15) is 5.10 Å². The van der Waals surface area contributed by atoms with Crippen molar-refractivity contribution in [2.75, 3.05) is 4.31 Å². The maximum Gasteiger partial charge on any atom is 0.271 e. The Balaban J connectivity index is 1.22. The fourth-order valence-corrected chi connectivity index (χ4v) is 6.23. The van der Waals surface area contributed by atoms with Gasteiger partial charge in [-0.05, 0) is 96.8 Å². The number of sulfonamides is 1. The van der Waals surface area contributed by atoms with Crippen LogP contribution in [0.2, 0.25) is 5.02 Å². The molecule has 1 amide bonds. The first kappa shape index (κ1) is 31.5. The summed E-state index contributed by atoms with van der Waals surface area (Å²) in [6, 6.07) is 35.7. The maximum atomic E-state index is 13.7. The van der Waals surface area contributed by atoms with E-state index in [4.69, 9.17) is 16.3 Å². The largest absolute Gasteiger partial charge is 0.489 e. The first-order valence-corrected chi connectivity index (χ1v) is 16.1. The zero-order chi connectivity index (χ0) is 31.8. The lowest BCUT2D eigenvalue weighted by Crippen LogP contribution is -2.31. The summed E-state index contributed by atoms with van der Waals surface area (Å²) in [5.74, 6) is 0.341. The Bertz CT molecular complexity index is 1890. The van der Waals surface area contributed by atoms with E-state index in [9.17, 15) is 13.2 Å². The molecule has 5 aromatic rings. The van der Waals surface area contributed by atoms with Crippen LogP contribution in [0.1, 0.15) is 38.2 Å². The molecule has 0 unspecified atom stereocenters. The third-order valence-electron chi connectivity index (χ3n) is 7.10. The van der Waals surface area contributed by atoms with Crippen molar-refractivity contribution in [1.82, 2.24) is 5.43 Å². The average molecular weight is 638 g/mol. The molecule has 5 rings (SSSR count). The second-order valence-electron chi connectivity index (χ2n) is 10.5. The predicted molar refractivity (Wildman–Crippen MR) is 179 cm³/mol. The van der Waals surface area contributed by atoms with Crippen LogP contribution < -0.4 is 14.5 Å². The van der Waals surface area contributed by atoms with Gasteiger partial charge in [0.25, 0.3) is 15.9 Å². The molecule has 0 aliphatic rings. The van der Waals surface area contributed by atoms with Crippen molar-refractivity contribution >= 4 is 39.4 Å². The summed E-state index contributed by atoms with van der Waals surface area (Å²) in [5.41, 5.74) is 7.94. The van der Waals surface area contributed by atoms with E-state index < -0.39 is 15.9 Å². The Morgan fingerprint density at radius 3 is 2.20 bits per heavy atom. The van der Waals surface area contributed by atoms with Crippen molar-refractivity contribution < 1.29 is 17.9 Å². The molecule has 0 heterocycles. The summed E-state index contributed by atoms with van der Waals surface area (Å²) in [5, 5.41) is 4.51. The number of carbonyl (C=O) groups is 1. The Kier molecular flexibility index (Phi) is 9.97. The number of rotatable bonds is 11. The lowest BCUT2D eigenvalue weighted by Gasteiger charge is -2.26. The van der Waals surface area contributed by atoms with Gasteiger partial charge in [0.05, 0.1) is 23.3 Å². The number of halogens is 1. The first-order valence-electron chi connectivity index (χ1n) is 14.2. The number of nitrogens with one attached hydrogen (secondary N) is 1. The second kappa shape index (κ2) is 14.2. The third-order valence-corrected chi connectivity index (χ3v) is 9.11. The Morgan fingerprint density at radius 2 is 1.51 bits per heavy atom. The molecule has 0 aliphatic carbocycles. The van der Waals surface area contributed by atoms with Gasteiger partial charge in [0, 0.05) is 10.6 Å². The van der Waals surface area contributed by atoms with E-state index in [2.05, 4.69) is 22.7 Å². The number of anilines is 1. The summed E-state index contributed by atoms with van der Waals surface area (Å²) >= 11 is 6.26. The van der Waals surface area contributed by atoms with Crippen LogP contribution in [-0.2, 0) is 23.2 Å². The molecule has 45 heavy (non-hydrogen) atoms. The molecule has 1 N–H and O–H groups in total. The predicted octanol–water partition coefficient (Wildman–Crippen LogP) is 7.70. The highest BCUT2D eigenvalue weighted by Gasteiger charge is 2.26. The van der Waals surface area contributed by atoms with Gasteiger partial charge < -0.3 is 4.74 Å². The number of ether oxygens (including phenoxy) is 1. The van der Waals surface area contributed by atoms with E-state index in [1.807, 2.05) is 50.2 Å². The average Bonchev–Trinajstić information content (AvgIpc) is 3.06. The van der Waals surface area contributed by atoms with E-state index in [-0.39, 0.29) is 11.4 Å². The molecule has 0 bridgehead atoms. The zero-order valence-corrected chi connectivity index (χ0v) is 26.4. The van der Waals surface area contributed by atoms with Crippen molar-refractivity contribution in [2.24, 2.45) is 5.10 Å². The summed E-state index contributed by atoms with van der Waals surface area (Å²) in [4.78, 5) is 12.9. The van der Waals surface area contributed by atoms with Crippen molar-refractivity contribution in [3.63, 3.8) is 0 Å². The van der Waals surface area contributed by atoms with Crippen LogP contribution in [0.25, 0.3) is 0 Å². The lowest BCUT2D eigenvalue weighted by atomic mass is 10.1. The van der Waals surface area contributed by atoms with Gasteiger partial charge in [0.2, 0.25) is 0 Å². The van der Waals surface area contributed by atoms with Gasteiger partial charge in [-0.25, -0.2) is 13.8 Å². The molecule has 0 saturated heterocycles. The number of aryl methyl sites for hydroxylation is 2. The number of hydrogen-bond donors (Lipinski definition) is 1. The topological polar surface area (TPSA) is 88.1 Å². The number of amides is 1. The highest BCUT2D eigenvalue weighted by atomic mass is 35.5. The second-order valence-corrected chi connectivity index (χ2v) is 12.8. The molecule has 0 aliphatic heterocycles. The van der Waals surface area contributed by atoms with Crippen molar-refractivity contribution in [3.8, 4) is 5.75 Å². The van der Waals surface area contributed by atoms with E-state index in [1.165, 1.54) is 9.87 Å². The highest BCUT2D eigenvalue weighted by molar-refractivity contribution is 7.92. The third kappa shape index (κ3) is 8.17. The molecule has 0 fully saturated rings. The number of benzene rings is 5.